The number of ether oxygens (including phenoxy) is 1. The van der Waals surface area contributed by atoms with Crippen LogP contribution in [0.4, 0.5) is 20.2 Å². The number of carbonyl (C=O) groups excluding carboxylic acids is 2. The number of aryl methyl sites for hydroxylation is 1. The highest BCUT2D eigenvalue weighted by Gasteiger charge is 2.27. The Morgan fingerprint density at radius 2 is 1.92 bits per heavy atom. The Morgan fingerprint density at radius 3 is 2.58 bits per heavy atom. The molecule has 0 aliphatic carbocycles. The van der Waals surface area contributed by atoms with E-state index in [4.69, 9.17) is 4.74 Å². The van der Waals surface area contributed by atoms with E-state index in [0.717, 1.165) is 24.3 Å². The van der Waals surface area contributed by atoms with Crippen molar-refractivity contribution in [3.63, 3.8) is 0 Å². The lowest BCUT2D eigenvalue weighted by atomic mass is 10.1. The van der Waals surface area contributed by atoms with Crippen molar-refractivity contribution in [1.82, 2.24) is 0 Å². The molecule has 1 atom stereocenters. The molecule has 0 aromatic heterocycles. The molecule has 0 radical (unpaired) electrons. The average Bonchev–Trinajstić information content (AvgIpc) is 2.57. The molecule has 0 saturated heterocycles. The smallest absolute Gasteiger partial charge is 0.346 e. The van der Waals surface area contributed by atoms with E-state index in [1.807, 2.05) is 0 Å². The first-order valence-electron chi connectivity index (χ1n) is 7.41. The van der Waals surface area contributed by atoms with Crippen molar-refractivity contribution in [3.05, 3.63) is 69.3 Å². The Kier molecular flexibility index (Phi) is 5.61. The zero-order valence-electron chi connectivity index (χ0n) is 13.8. The number of nitro groups is 1. The number of benzene rings is 2. The number of anilines is 1. The maximum Gasteiger partial charge on any atom is 0.346 e. The number of rotatable bonds is 5. The van der Waals surface area contributed by atoms with Gasteiger partial charge < -0.3 is 10.1 Å². The molecule has 9 heteroatoms. The van der Waals surface area contributed by atoms with E-state index >= 15 is 0 Å². The summed E-state index contributed by atoms with van der Waals surface area (Å²) in [6.07, 6.45) is -1.40. The van der Waals surface area contributed by atoms with Crippen molar-refractivity contribution in [2.24, 2.45) is 0 Å². The molecule has 0 saturated carbocycles. The Bertz CT molecular complexity index is 885. The number of esters is 1. The van der Waals surface area contributed by atoms with Gasteiger partial charge in [0, 0.05) is 12.1 Å². The van der Waals surface area contributed by atoms with Gasteiger partial charge in [-0.2, -0.15) is 0 Å². The van der Waals surface area contributed by atoms with Crippen LogP contribution >= 0.6 is 0 Å². The second-order valence-electron chi connectivity index (χ2n) is 5.39. The fourth-order valence-corrected chi connectivity index (χ4v) is 2.17. The highest BCUT2D eigenvalue weighted by molar-refractivity contribution is 5.99. The van der Waals surface area contributed by atoms with Crippen molar-refractivity contribution in [2.45, 2.75) is 20.0 Å². The Morgan fingerprint density at radius 1 is 1.23 bits per heavy atom. The van der Waals surface area contributed by atoms with Crippen LogP contribution in [0.25, 0.3) is 0 Å². The Hall–Kier alpha value is -3.36. The van der Waals surface area contributed by atoms with Gasteiger partial charge in [0.25, 0.3) is 11.6 Å². The van der Waals surface area contributed by atoms with Gasteiger partial charge in [-0.05, 0) is 31.5 Å². The van der Waals surface area contributed by atoms with Gasteiger partial charge >= 0.3 is 5.97 Å². The van der Waals surface area contributed by atoms with Crippen LogP contribution in [0.15, 0.2) is 36.4 Å². The van der Waals surface area contributed by atoms with Gasteiger partial charge in [0.1, 0.15) is 17.2 Å². The van der Waals surface area contributed by atoms with E-state index in [9.17, 15) is 28.5 Å². The molecule has 0 aliphatic rings. The summed E-state index contributed by atoms with van der Waals surface area (Å²) in [4.78, 5) is 34.6. The van der Waals surface area contributed by atoms with Crippen LogP contribution in [0.5, 0.6) is 0 Å². The topological polar surface area (TPSA) is 98.5 Å². The van der Waals surface area contributed by atoms with Crippen LogP contribution in [0.3, 0.4) is 0 Å². The minimum Gasteiger partial charge on any atom is -0.449 e. The Balaban J connectivity index is 2.16. The van der Waals surface area contributed by atoms with E-state index in [-0.39, 0.29) is 5.56 Å². The SMILES string of the molecule is Cc1cccc([N+](=O)[O-])c1C(=O)OC(C)C(=O)Nc1cc(F)ccc1F. The number of hydrogen-bond acceptors (Lipinski definition) is 5. The molecule has 136 valence electrons. The fraction of sp³-hybridized carbons (Fsp3) is 0.176. The number of hydrogen-bond donors (Lipinski definition) is 1. The highest BCUT2D eigenvalue weighted by atomic mass is 19.1. The predicted octanol–water partition coefficient (Wildman–Crippen LogP) is 3.37. The summed E-state index contributed by atoms with van der Waals surface area (Å²) in [5, 5.41) is 13.1. The largest absolute Gasteiger partial charge is 0.449 e. The molecule has 0 spiro atoms. The van der Waals surface area contributed by atoms with Crippen LogP contribution in [0.2, 0.25) is 0 Å². The van der Waals surface area contributed by atoms with Crippen LogP contribution in [-0.4, -0.2) is 22.9 Å². The van der Waals surface area contributed by atoms with Crippen molar-refractivity contribution < 1.29 is 28.0 Å². The second-order valence-corrected chi connectivity index (χ2v) is 5.39. The molecular formula is C17H14F2N2O5. The zero-order valence-corrected chi connectivity index (χ0v) is 13.8. The molecule has 7 nitrogen and oxygen atoms in total. The molecular weight excluding hydrogens is 350 g/mol. The summed E-state index contributed by atoms with van der Waals surface area (Å²) in [7, 11) is 0. The van der Waals surface area contributed by atoms with Crippen LogP contribution in [-0.2, 0) is 9.53 Å². The molecule has 1 amide bonds. The van der Waals surface area contributed by atoms with E-state index in [1.54, 1.807) is 0 Å². The summed E-state index contributed by atoms with van der Waals surface area (Å²) in [5.41, 5.74) is -0.861. The number of halogens is 2. The number of nitro benzene ring substituents is 1. The first kappa shape index (κ1) is 19.0. The van der Waals surface area contributed by atoms with Gasteiger partial charge in [-0.25, -0.2) is 13.6 Å². The monoisotopic (exact) mass is 364 g/mol. The fourth-order valence-electron chi connectivity index (χ4n) is 2.17. The summed E-state index contributed by atoms with van der Waals surface area (Å²) in [6.45, 7) is 2.69. The predicted molar refractivity (Wildman–Crippen MR) is 87.7 cm³/mol. The molecule has 0 heterocycles. The quantitative estimate of drug-likeness (QED) is 0.498. The third-order valence-electron chi connectivity index (χ3n) is 3.49. The van der Waals surface area contributed by atoms with Crippen molar-refractivity contribution in [1.29, 1.82) is 0 Å². The minimum atomic E-state index is -1.40. The second kappa shape index (κ2) is 7.68. The van der Waals surface area contributed by atoms with Crippen LogP contribution in [0, 0.1) is 28.7 Å². The van der Waals surface area contributed by atoms with Crippen molar-refractivity contribution >= 4 is 23.3 Å². The average molecular weight is 364 g/mol. The number of nitrogens with zero attached hydrogens (tertiary/aromatic N) is 1. The number of amides is 1. The molecule has 26 heavy (non-hydrogen) atoms. The van der Waals surface area contributed by atoms with Gasteiger partial charge in [-0.1, -0.05) is 12.1 Å². The third-order valence-corrected chi connectivity index (χ3v) is 3.49. The van der Waals surface area contributed by atoms with Crippen molar-refractivity contribution in [2.75, 3.05) is 5.32 Å². The molecule has 2 aromatic carbocycles. The molecule has 0 fully saturated rings. The van der Waals surface area contributed by atoms with E-state index in [0.29, 0.717) is 5.56 Å². The highest BCUT2D eigenvalue weighted by Crippen LogP contribution is 2.23. The standard InChI is InChI=1S/C17H14F2N2O5/c1-9-4-3-5-14(21(24)25)15(9)17(23)26-10(2)16(22)20-13-8-11(18)6-7-12(13)19/h3-8,10H,1-2H3,(H,20,22). The maximum absolute atomic E-state index is 13.6. The third kappa shape index (κ3) is 4.18. The molecule has 0 aliphatic heterocycles. The minimum absolute atomic E-state index is 0.283. The first-order valence-corrected chi connectivity index (χ1v) is 7.41. The molecule has 0 bridgehead atoms. The van der Waals surface area contributed by atoms with Crippen LogP contribution < -0.4 is 5.32 Å². The van der Waals surface area contributed by atoms with Gasteiger partial charge in [0.2, 0.25) is 0 Å². The van der Waals surface area contributed by atoms with Gasteiger partial charge in [0.05, 0.1) is 10.6 Å². The Labute approximate surface area is 146 Å². The maximum atomic E-state index is 13.6. The van der Waals surface area contributed by atoms with Gasteiger partial charge in [-0.3, -0.25) is 14.9 Å². The van der Waals surface area contributed by atoms with E-state index in [2.05, 4.69) is 5.32 Å². The summed E-state index contributed by atoms with van der Waals surface area (Å²) < 4.78 is 31.6. The number of nitrogens with one attached hydrogen (secondary N) is 1. The molecule has 2 rings (SSSR count). The summed E-state index contributed by atoms with van der Waals surface area (Å²) in [5.74, 6) is -3.62. The van der Waals surface area contributed by atoms with Gasteiger partial charge in [0.15, 0.2) is 6.10 Å². The van der Waals surface area contributed by atoms with E-state index in [1.165, 1.54) is 26.0 Å². The molecule has 2 aromatic rings. The van der Waals surface area contributed by atoms with Crippen molar-refractivity contribution in [3.8, 4) is 0 Å². The van der Waals surface area contributed by atoms with Gasteiger partial charge in [-0.15, -0.1) is 0 Å². The molecule has 1 unspecified atom stereocenters. The lowest BCUT2D eigenvalue weighted by Crippen LogP contribution is -2.30. The van der Waals surface area contributed by atoms with E-state index < -0.39 is 45.9 Å². The molecule has 1 N–H and O–H groups in total. The summed E-state index contributed by atoms with van der Waals surface area (Å²) >= 11 is 0. The number of carbonyl (C=O) groups is 2. The first-order chi connectivity index (χ1) is 12.2. The summed E-state index contributed by atoms with van der Waals surface area (Å²) in [6, 6.07) is 6.51. The zero-order chi connectivity index (χ0) is 19.4. The van der Waals surface area contributed by atoms with Crippen LogP contribution in [0.1, 0.15) is 22.8 Å². The lowest BCUT2D eigenvalue weighted by Gasteiger charge is -2.14. The normalized spacial score (nSPS) is 11.5. The lowest BCUT2D eigenvalue weighted by molar-refractivity contribution is -0.385.